The maximum Gasteiger partial charge on any atom is 0.305 e. The van der Waals surface area contributed by atoms with E-state index in [4.69, 9.17) is 4.74 Å². The molecule has 79 heavy (non-hydrogen) atoms. The van der Waals surface area contributed by atoms with Gasteiger partial charge in [-0.05, 0) is 32.1 Å². The number of allylic oxidation sites excluding steroid dienone is 1. The lowest BCUT2D eigenvalue weighted by atomic mass is 10.0. The number of hydrogen-bond acceptors (Lipinski definition) is 5. The van der Waals surface area contributed by atoms with E-state index in [-0.39, 0.29) is 18.5 Å². The molecule has 6 heteroatoms. The number of ether oxygens (including phenoxy) is 1. The first-order valence-electron chi connectivity index (χ1n) is 36.5. The highest BCUT2D eigenvalue weighted by Crippen LogP contribution is 2.20. The smallest absolute Gasteiger partial charge is 0.305 e. The molecule has 0 aliphatic carbocycles. The number of aliphatic hydroxyl groups is 2. The SMILES string of the molecule is CCCCCCCCCC/C=C/C(O)C(CO)NC(=O)CCCCCCCCCCCCCCCCCCCCCCCCCCCCCCCCCCCCCCCOC(=O)CCCCCCCCCCCCCCCCC. The van der Waals surface area contributed by atoms with Crippen LogP contribution in [0.4, 0.5) is 0 Å². The predicted octanol–water partition coefficient (Wildman–Crippen LogP) is 23.5. The zero-order valence-electron chi connectivity index (χ0n) is 53.9. The Morgan fingerprint density at radius 3 is 0.861 bits per heavy atom. The molecule has 0 aliphatic rings. The molecule has 3 N–H and O–H groups in total. The number of hydrogen-bond donors (Lipinski definition) is 3. The molecule has 470 valence electrons. The molecule has 0 fully saturated rings. The van der Waals surface area contributed by atoms with Crippen LogP contribution in [0, 0.1) is 0 Å². The first-order valence-corrected chi connectivity index (χ1v) is 36.5. The lowest BCUT2D eigenvalue weighted by molar-refractivity contribution is -0.143. The third-order valence-corrected chi connectivity index (χ3v) is 17.3. The van der Waals surface area contributed by atoms with E-state index in [1.54, 1.807) is 6.08 Å². The van der Waals surface area contributed by atoms with Crippen molar-refractivity contribution >= 4 is 11.9 Å². The van der Waals surface area contributed by atoms with Gasteiger partial charge in [0.2, 0.25) is 5.91 Å². The van der Waals surface area contributed by atoms with Crippen molar-refractivity contribution in [3.8, 4) is 0 Å². The van der Waals surface area contributed by atoms with Gasteiger partial charge in [-0.3, -0.25) is 9.59 Å². The summed E-state index contributed by atoms with van der Waals surface area (Å²) in [5.74, 6) is -0.0352. The molecule has 0 saturated carbocycles. The summed E-state index contributed by atoms with van der Waals surface area (Å²) in [6.45, 7) is 4.93. The van der Waals surface area contributed by atoms with Gasteiger partial charge in [-0.15, -0.1) is 0 Å². The number of amides is 1. The Kier molecular flexibility index (Phi) is 67.9. The molecule has 0 aromatic heterocycles. The van der Waals surface area contributed by atoms with Crippen LogP contribution in [0.25, 0.3) is 0 Å². The highest BCUT2D eigenvalue weighted by Gasteiger charge is 2.18. The molecule has 0 spiro atoms. The lowest BCUT2D eigenvalue weighted by Crippen LogP contribution is -2.45. The number of aliphatic hydroxyl groups excluding tert-OH is 2. The molecular weight excluding hydrogens is 971 g/mol. The number of carbonyl (C=O) groups is 2. The van der Waals surface area contributed by atoms with E-state index in [2.05, 4.69) is 19.2 Å². The van der Waals surface area contributed by atoms with Crippen LogP contribution in [-0.2, 0) is 14.3 Å². The van der Waals surface area contributed by atoms with Crippen LogP contribution in [0.1, 0.15) is 418 Å². The fourth-order valence-corrected chi connectivity index (χ4v) is 11.8. The summed E-state index contributed by atoms with van der Waals surface area (Å²) in [6, 6.07) is -0.621. The van der Waals surface area contributed by atoms with Gasteiger partial charge in [0.05, 0.1) is 25.4 Å². The molecule has 6 nitrogen and oxygen atoms in total. The van der Waals surface area contributed by atoms with E-state index in [0.717, 1.165) is 38.5 Å². The molecule has 0 aliphatic heterocycles. The van der Waals surface area contributed by atoms with Crippen molar-refractivity contribution in [2.24, 2.45) is 0 Å². The molecule has 2 atom stereocenters. The van der Waals surface area contributed by atoms with Crippen molar-refractivity contribution in [3.05, 3.63) is 12.2 Å². The fourth-order valence-electron chi connectivity index (χ4n) is 11.8. The van der Waals surface area contributed by atoms with Crippen molar-refractivity contribution in [1.29, 1.82) is 0 Å². The van der Waals surface area contributed by atoms with E-state index in [0.29, 0.717) is 19.4 Å². The minimum Gasteiger partial charge on any atom is -0.466 e. The largest absolute Gasteiger partial charge is 0.466 e. The highest BCUT2D eigenvalue weighted by atomic mass is 16.5. The van der Waals surface area contributed by atoms with E-state index in [1.807, 2.05) is 6.08 Å². The second-order valence-corrected chi connectivity index (χ2v) is 25.3. The van der Waals surface area contributed by atoms with Gasteiger partial charge < -0.3 is 20.3 Å². The van der Waals surface area contributed by atoms with Crippen molar-refractivity contribution in [2.75, 3.05) is 13.2 Å². The normalized spacial score (nSPS) is 12.5. The third kappa shape index (κ3) is 65.6. The van der Waals surface area contributed by atoms with E-state index < -0.39 is 12.1 Å². The monoisotopic (exact) mass is 1110 g/mol. The minimum atomic E-state index is -0.837. The molecule has 0 bridgehead atoms. The van der Waals surface area contributed by atoms with Crippen LogP contribution < -0.4 is 5.32 Å². The summed E-state index contributed by atoms with van der Waals surface area (Å²) in [4.78, 5) is 24.5. The fraction of sp³-hybridized carbons (Fsp3) is 0.945. The van der Waals surface area contributed by atoms with Gasteiger partial charge in [0.25, 0.3) is 0 Å². The Balaban J connectivity index is 3.27. The molecule has 0 aromatic carbocycles. The van der Waals surface area contributed by atoms with Gasteiger partial charge in [-0.2, -0.15) is 0 Å². The van der Waals surface area contributed by atoms with Crippen LogP contribution in [0.15, 0.2) is 12.2 Å². The number of esters is 1. The van der Waals surface area contributed by atoms with Gasteiger partial charge in [0.15, 0.2) is 0 Å². The standard InChI is InChI=1S/C73H143NO5/c1-3-5-7-9-11-13-15-16-40-44-47-51-55-59-63-67-73(78)79-68-64-60-56-52-48-45-42-39-37-35-33-31-29-27-25-23-21-19-17-18-20-22-24-26-28-30-32-34-36-38-41-43-46-50-54-58-62-66-72(77)74-70(69-75)71(76)65-61-57-53-49-14-12-10-8-6-4-2/h61,65,70-71,75-76H,3-60,62-64,66-69H2,1-2H3,(H,74,77)/b65-61+. The quantitative estimate of drug-likeness (QED) is 0.0320. The number of nitrogens with one attached hydrogen (secondary N) is 1. The third-order valence-electron chi connectivity index (χ3n) is 17.3. The Morgan fingerprint density at radius 1 is 0.342 bits per heavy atom. The highest BCUT2D eigenvalue weighted by molar-refractivity contribution is 5.76. The van der Waals surface area contributed by atoms with Crippen LogP contribution in [0.5, 0.6) is 0 Å². The zero-order chi connectivity index (χ0) is 57.1. The van der Waals surface area contributed by atoms with Crippen molar-refractivity contribution in [2.45, 2.75) is 431 Å². The lowest BCUT2D eigenvalue weighted by Gasteiger charge is -2.20. The van der Waals surface area contributed by atoms with Gasteiger partial charge in [0, 0.05) is 12.8 Å². The van der Waals surface area contributed by atoms with Crippen molar-refractivity contribution < 1.29 is 24.5 Å². The summed E-state index contributed by atoms with van der Waals surface area (Å²) in [5, 5.41) is 23.0. The molecule has 0 rings (SSSR count). The van der Waals surface area contributed by atoms with Crippen LogP contribution in [0.3, 0.4) is 0 Å². The molecule has 1 amide bonds. The Bertz CT molecular complexity index is 1190. The van der Waals surface area contributed by atoms with Gasteiger partial charge in [-0.1, -0.05) is 386 Å². The molecule has 0 heterocycles. The topological polar surface area (TPSA) is 95.9 Å². The van der Waals surface area contributed by atoms with E-state index >= 15 is 0 Å². The maximum atomic E-state index is 12.4. The zero-order valence-corrected chi connectivity index (χ0v) is 53.9. The Hall–Kier alpha value is -1.40. The molecule has 0 saturated heterocycles. The van der Waals surface area contributed by atoms with Crippen molar-refractivity contribution in [3.63, 3.8) is 0 Å². The number of carbonyl (C=O) groups excluding carboxylic acids is 2. The van der Waals surface area contributed by atoms with Gasteiger partial charge >= 0.3 is 5.97 Å². The number of rotatable bonds is 69. The van der Waals surface area contributed by atoms with Crippen LogP contribution in [-0.4, -0.2) is 47.4 Å². The summed E-state index contributed by atoms with van der Waals surface area (Å²) in [7, 11) is 0. The Morgan fingerprint density at radius 2 is 0.582 bits per heavy atom. The average Bonchev–Trinajstić information content (AvgIpc) is 3.45. The summed E-state index contributed by atoms with van der Waals surface area (Å²) in [5.41, 5.74) is 0. The predicted molar refractivity (Wildman–Crippen MR) is 347 cm³/mol. The van der Waals surface area contributed by atoms with E-state index in [1.165, 1.54) is 353 Å². The molecule has 0 radical (unpaired) electrons. The van der Waals surface area contributed by atoms with Crippen LogP contribution >= 0.6 is 0 Å². The number of unbranched alkanes of at least 4 members (excludes halogenated alkanes) is 58. The summed E-state index contributed by atoms with van der Waals surface area (Å²) >= 11 is 0. The minimum absolute atomic E-state index is 0.0269. The summed E-state index contributed by atoms with van der Waals surface area (Å²) < 4.78 is 5.51. The average molecular weight is 1110 g/mol. The van der Waals surface area contributed by atoms with Gasteiger partial charge in [0.1, 0.15) is 0 Å². The van der Waals surface area contributed by atoms with Gasteiger partial charge in [-0.25, -0.2) is 0 Å². The van der Waals surface area contributed by atoms with E-state index in [9.17, 15) is 19.8 Å². The molecule has 0 aromatic rings. The second kappa shape index (κ2) is 69.1. The first kappa shape index (κ1) is 77.6. The molecule has 2 unspecified atom stereocenters. The summed E-state index contributed by atoms with van der Waals surface area (Å²) in [6.07, 6.45) is 86.2. The van der Waals surface area contributed by atoms with Crippen molar-refractivity contribution in [1.82, 2.24) is 5.32 Å². The first-order chi connectivity index (χ1) is 39.0. The molecular formula is C73H143NO5. The van der Waals surface area contributed by atoms with Crippen LogP contribution in [0.2, 0.25) is 0 Å². The maximum absolute atomic E-state index is 12.4. The second-order valence-electron chi connectivity index (χ2n) is 25.3. The Labute approximate surface area is 495 Å².